The molecule has 0 aliphatic heterocycles. The molecule has 19 heavy (non-hydrogen) atoms. The lowest BCUT2D eigenvalue weighted by molar-refractivity contribution is 0.102. The summed E-state index contributed by atoms with van der Waals surface area (Å²) in [6.45, 7) is 1.64. The van der Waals surface area contributed by atoms with E-state index in [1.54, 1.807) is 19.1 Å². The Labute approximate surface area is 119 Å². The highest BCUT2D eigenvalue weighted by Crippen LogP contribution is 2.20. The van der Waals surface area contributed by atoms with Gasteiger partial charge in [-0.15, -0.1) is 0 Å². The molecule has 0 bridgehead atoms. The lowest BCUT2D eigenvalue weighted by Crippen LogP contribution is -2.12. The van der Waals surface area contributed by atoms with E-state index in [0.717, 1.165) is 0 Å². The third-order valence-corrected chi connectivity index (χ3v) is 3.17. The second-order valence-electron chi connectivity index (χ2n) is 3.91. The summed E-state index contributed by atoms with van der Waals surface area (Å²) in [4.78, 5) is 15.7. The van der Waals surface area contributed by atoms with Crippen molar-refractivity contribution in [1.29, 1.82) is 0 Å². The number of carbonyl (C=O) groups is 1. The smallest absolute Gasteiger partial charge is 0.257 e. The van der Waals surface area contributed by atoms with E-state index in [1.807, 2.05) is 0 Å². The molecule has 1 aromatic carbocycles. The molecule has 1 aromatic heterocycles. The molecule has 0 unspecified atom stereocenters. The van der Waals surface area contributed by atoms with Crippen LogP contribution in [-0.4, -0.2) is 10.9 Å². The molecule has 2 aromatic rings. The van der Waals surface area contributed by atoms with Crippen LogP contribution in [0.15, 0.2) is 30.5 Å². The average Bonchev–Trinajstić information content (AvgIpc) is 2.37. The van der Waals surface area contributed by atoms with Crippen molar-refractivity contribution in [2.45, 2.75) is 6.92 Å². The van der Waals surface area contributed by atoms with E-state index < -0.39 is 5.91 Å². The van der Waals surface area contributed by atoms with Crippen LogP contribution < -0.4 is 5.32 Å². The number of aryl methyl sites for hydroxylation is 1. The van der Waals surface area contributed by atoms with Gasteiger partial charge in [-0.25, -0.2) is 9.37 Å². The Kier molecular flexibility index (Phi) is 4.02. The fourth-order valence-corrected chi connectivity index (χ4v) is 1.69. The Bertz CT molecular complexity index is 647. The van der Waals surface area contributed by atoms with E-state index in [0.29, 0.717) is 11.3 Å². The maximum atomic E-state index is 13.3. The highest BCUT2D eigenvalue weighted by atomic mass is 35.5. The average molecular weight is 299 g/mol. The summed E-state index contributed by atoms with van der Waals surface area (Å²) >= 11 is 11.4. The molecule has 2 rings (SSSR count). The minimum Gasteiger partial charge on any atom is -0.322 e. The number of amides is 1. The van der Waals surface area contributed by atoms with Gasteiger partial charge in [0, 0.05) is 11.9 Å². The van der Waals surface area contributed by atoms with Crippen molar-refractivity contribution in [3.05, 3.63) is 57.6 Å². The lowest BCUT2D eigenvalue weighted by Gasteiger charge is -2.06. The molecule has 0 aliphatic carbocycles. The van der Waals surface area contributed by atoms with Gasteiger partial charge in [0.2, 0.25) is 0 Å². The maximum absolute atomic E-state index is 13.3. The Morgan fingerprint density at radius 3 is 2.68 bits per heavy atom. The van der Waals surface area contributed by atoms with E-state index in [9.17, 15) is 9.18 Å². The van der Waals surface area contributed by atoms with Crippen molar-refractivity contribution in [3.8, 4) is 0 Å². The van der Waals surface area contributed by atoms with E-state index in [2.05, 4.69) is 10.3 Å². The van der Waals surface area contributed by atoms with Crippen LogP contribution in [0.25, 0.3) is 0 Å². The first-order valence-corrected chi connectivity index (χ1v) is 6.11. The number of aromatic nitrogens is 1. The summed E-state index contributed by atoms with van der Waals surface area (Å²) < 4.78 is 13.3. The Morgan fingerprint density at radius 2 is 2.05 bits per heavy atom. The van der Waals surface area contributed by atoms with Crippen molar-refractivity contribution in [3.63, 3.8) is 0 Å². The van der Waals surface area contributed by atoms with Crippen molar-refractivity contribution >= 4 is 34.8 Å². The molecule has 0 fully saturated rings. The zero-order valence-corrected chi connectivity index (χ0v) is 11.4. The molecule has 0 saturated heterocycles. The van der Waals surface area contributed by atoms with Gasteiger partial charge in [-0.1, -0.05) is 29.3 Å². The second kappa shape index (κ2) is 5.55. The normalized spacial score (nSPS) is 10.3. The topological polar surface area (TPSA) is 42.0 Å². The van der Waals surface area contributed by atoms with Gasteiger partial charge in [0.05, 0.1) is 10.6 Å². The zero-order valence-electron chi connectivity index (χ0n) is 9.88. The number of anilines is 1. The Hall–Kier alpha value is -1.65. The van der Waals surface area contributed by atoms with Gasteiger partial charge in [0.1, 0.15) is 11.0 Å². The van der Waals surface area contributed by atoms with Gasteiger partial charge in [-0.05, 0) is 30.7 Å². The van der Waals surface area contributed by atoms with Crippen LogP contribution >= 0.6 is 23.2 Å². The molecule has 0 spiro atoms. The SMILES string of the molecule is Cc1ccc(NC(=O)c2cnc(Cl)c(Cl)c2)cc1F. The van der Waals surface area contributed by atoms with Gasteiger partial charge in [0.25, 0.3) is 5.91 Å². The first kappa shape index (κ1) is 13.8. The zero-order chi connectivity index (χ0) is 14.0. The van der Waals surface area contributed by atoms with Gasteiger partial charge in [0.15, 0.2) is 0 Å². The number of hydrogen-bond acceptors (Lipinski definition) is 2. The van der Waals surface area contributed by atoms with Gasteiger partial charge < -0.3 is 5.32 Å². The number of hydrogen-bond donors (Lipinski definition) is 1. The molecule has 0 radical (unpaired) electrons. The summed E-state index contributed by atoms with van der Waals surface area (Å²) in [5, 5.41) is 2.86. The van der Waals surface area contributed by atoms with Crippen LogP contribution in [0.4, 0.5) is 10.1 Å². The summed E-state index contributed by atoms with van der Waals surface area (Å²) in [5.74, 6) is -0.820. The summed E-state index contributed by atoms with van der Waals surface area (Å²) in [6, 6.07) is 5.84. The number of rotatable bonds is 2. The van der Waals surface area contributed by atoms with E-state index >= 15 is 0 Å². The number of carbonyl (C=O) groups excluding carboxylic acids is 1. The predicted octanol–water partition coefficient (Wildman–Crippen LogP) is 4.09. The fraction of sp³-hybridized carbons (Fsp3) is 0.0769. The Morgan fingerprint density at radius 1 is 1.32 bits per heavy atom. The third kappa shape index (κ3) is 3.22. The fourth-order valence-electron chi connectivity index (χ4n) is 1.42. The van der Waals surface area contributed by atoms with Gasteiger partial charge in [-0.2, -0.15) is 0 Å². The number of pyridine rings is 1. The first-order chi connectivity index (χ1) is 8.97. The van der Waals surface area contributed by atoms with E-state index in [4.69, 9.17) is 23.2 Å². The van der Waals surface area contributed by atoms with Crippen molar-refractivity contribution in [1.82, 2.24) is 4.98 Å². The largest absolute Gasteiger partial charge is 0.322 e. The maximum Gasteiger partial charge on any atom is 0.257 e. The van der Waals surface area contributed by atoms with Crippen molar-refractivity contribution < 1.29 is 9.18 Å². The molecule has 0 saturated carbocycles. The highest BCUT2D eigenvalue weighted by Gasteiger charge is 2.10. The number of benzene rings is 1. The minimum absolute atomic E-state index is 0.125. The quantitative estimate of drug-likeness (QED) is 0.849. The first-order valence-electron chi connectivity index (χ1n) is 5.36. The molecule has 6 heteroatoms. The van der Waals surface area contributed by atoms with E-state index in [-0.39, 0.29) is 21.6 Å². The van der Waals surface area contributed by atoms with Crippen LogP contribution in [0.3, 0.4) is 0 Å². The molecule has 3 nitrogen and oxygen atoms in total. The number of nitrogens with zero attached hydrogens (tertiary/aromatic N) is 1. The van der Waals surface area contributed by atoms with Crippen LogP contribution in [0.5, 0.6) is 0 Å². The molecular formula is C13H9Cl2FN2O. The van der Waals surface area contributed by atoms with Crippen molar-refractivity contribution in [2.24, 2.45) is 0 Å². The number of nitrogens with one attached hydrogen (secondary N) is 1. The predicted molar refractivity (Wildman–Crippen MR) is 73.3 cm³/mol. The standard InChI is InChI=1S/C13H9Cl2FN2O/c1-7-2-3-9(5-11(7)16)18-13(19)8-4-10(14)12(15)17-6-8/h2-6H,1H3,(H,18,19). The molecule has 0 atom stereocenters. The summed E-state index contributed by atoms with van der Waals surface area (Å²) in [7, 11) is 0. The monoisotopic (exact) mass is 298 g/mol. The van der Waals surface area contributed by atoms with Crippen molar-refractivity contribution in [2.75, 3.05) is 5.32 Å². The minimum atomic E-state index is -0.436. The molecule has 1 heterocycles. The third-order valence-electron chi connectivity index (χ3n) is 2.49. The lowest BCUT2D eigenvalue weighted by atomic mass is 10.2. The van der Waals surface area contributed by atoms with Gasteiger partial charge >= 0.3 is 0 Å². The van der Waals surface area contributed by atoms with E-state index in [1.165, 1.54) is 18.3 Å². The van der Waals surface area contributed by atoms with Crippen LogP contribution in [0, 0.1) is 12.7 Å². The molecule has 0 aliphatic rings. The van der Waals surface area contributed by atoms with Crippen LogP contribution in [0.1, 0.15) is 15.9 Å². The number of halogens is 3. The van der Waals surface area contributed by atoms with Gasteiger partial charge in [-0.3, -0.25) is 4.79 Å². The summed E-state index contributed by atoms with van der Waals surface area (Å²) in [6.07, 6.45) is 1.30. The second-order valence-corrected chi connectivity index (χ2v) is 4.68. The molecule has 1 amide bonds. The molecule has 98 valence electrons. The Balaban J connectivity index is 2.20. The van der Waals surface area contributed by atoms with Crippen LogP contribution in [0.2, 0.25) is 10.2 Å². The molecular weight excluding hydrogens is 290 g/mol. The highest BCUT2D eigenvalue weighted by molar-refractivity contribution is 6.41. The summed E-state index contributed by atoms with van der Waals surface area (Å²) in [5.41, 5.74) is 1.11. The van der Waals surface area contributed by atoms with Crippen LogP contribution in [-0.2, 0) is 0 Å². The molecule has 1 N–H and O–H groups in total.